The van der Waals surface area contributed by atoms with Gasteiger partial charge in [-0.25, -0.2) is 9.59 Å². The average molecular weight is 1340 g/mol. The Morgan fingerprint density at radius 1 is 0.388 bits per heavy atom. The summed E-state index contributed by atoms with van der Waals surface area (Å²) in [5, 5.41) is 5.94. The second-order valence-corrected chi connectivity index (χ2v) is 24.1. The smallest absolute Gasteiger partial charge is 0.410 e. The Bertz CT molecular complexity index is 3220. The standard InChI is InChI=1S/C39H47N3O7.C38H46N4O7/c1-2-3-23-34(36(44)40-25-14-6-15-27-42-37(45)32-21-11-12-22-33(32)38(42)46)41(39(47)49-29-31-19-9-5-10-20-31)26-16-13-24-35(43)48-28-30-17-7-4-8-18-30;39-23-14-21-33(35(44)40-24-11-3-12-26-42-36(45)31-19-8-9-20-32(31)37(42)46)41(38(47)49-28-30-17-6-2-7-18-30)25-13-10-22-34(43)48-27-29-15-4-1-5-16-29/h4-5,7-12,17-22,34H,2-3,6,13-16,23-29H2,1H3,(H,40,44);1-2,4-9,15-20,33H,3,10-14,21-28,39H2,(H,40,44). The van der Waals surface area contributed by atoms with Crippen LogP contribution >= 0.6 is 0 Å². The molecule has 2 atom stereocenters. The number of ether oxygens (including phenoxy) is 4. The minimum atomic E-state index is -0.810. The predicted molar refractivity (Wildman–Crippen MR) is 370 cm³/mol. The van der Waals surface area contributed by atoms with E-state index in [9.17, 15) is 47.9 Å². The number of carbonyl (C=O) groups excluding carboxylic acids is 10. The van der Waals surface area contributed by atoms with Crippen LogP contribution in [0.25, 0.3) is 0 Å². The number of hydrogen-bond acceptors (Lipinski definition) is 15. The van der Waals surface area contributed by atoms with Gasteiger partial charge in [-0.15, -0.1) is 0 Å². The Hall–Kier alpha value is -10.0. The summed E-state index contributed by atoms with van der Waals surface area (Å²) in [5.74, 6) is -2.31. The normalized spacial score (nSPS) is 12.7. The lowest BCUT2D eigenvalue weighted by Crippen LogP contribution is -2.50. The van der Waals surface area contributed by atoms with Gasteiger partial charge in [-0.3, -0.25) is 58.0 Å². The van der Waals surface area contributed by atoms with Gasteiger partial charge in [-0.05, 0) is 137 Å². The first-order chi connectivity index (χ1) is 47.8. The summed E-state index contributed by atoms with van der Waals surface area (Å²) in [4.78, 5) is 135. The van der Waals surface area contributed by atoms with Gasteiger partial charge < -0.3 is 35.3 Å². The number of fused-ring (bicyclic) bond motifs is 2. The highest BCUT2D eigenvalue weighted by atomic mass is 16.6. The third-order valence-corrected chi connectivity index (χ3v) is 16.8. The number of rotatable bonds is 40. The fourth-order valence-electron chi connectivity index (χ4n) is 11.3. The van der Waals surface area contributed by atoms with E-state index in [1.165, 1.54) is 19.6 Å². The van der Waals surface area contributed by atoms with Crippen molar-refractivity contribution in [3.8, 4) is 0 Å². The van der Waals surface area contributed by atoms with Crippen LogP contribution in [0.2, 0.25) is 0 Å². The molecule has 98 heavy (non-hydrogen) atoms. The predicted octanol–water partition coefficient (Wildman–Crippen LogP) is 11.9. The number of imide groups is 2. The Labute approximate surface area is 574 Å². The lowest BCUT2D eigenvalue weighted by Gasteiger charge is -2.30. The fourth-order valence-corrected chi connectivity index (χ4v) is 11.3. The first-order valence-corrected chi connectivity index (χ1v) is 34.3. The number of esters is 2. The zero-order valence-corrected chi connectivity index (χ0v) is 56.2. The van der Waals surface area contributed by atoms with E-state index in [1.54, 1.807) is 48.5 Å². The molecule has 0 saturated carbocycles. The van der Waals surface area contributed by atoms with E-state index >= 15 is 0 Å². The van der Waals surface area contributed by atoms with Crippen molar-refractivity contribution in [2.75, 3.05) is 45.8 Å². The molecule has 0 aliphatic carbocycles. The number of benzene rings is 6. The SMILES string of the molecule is CCCCC(C(=O)NCCCCCN1C(=O)c2ccccc2C1=O)N(CCCCC(=O)OCc1ccccc1)C(=O)OCc1ccccc1.NCCCC(C(=O)NCCCCCN1C(=O)c2ccccc2C1=O)N(CCCCC(=O)OCc1ccccc1)C(=O)OCc1ccccc1. The van der Waals surface area contributed by atoms with Crippen molar-refractivity contribution in [3.05, 3.63) is 214 Å². The van der Waals surface area contributed by atoms with Gasteiger partial charge in [0, 0.05) is 52.1 Å². The molecule has 2 aliphatic rings. The van der Waals surface area contributed by atoms with E-state index in [0.29, 0.717) is 138 Å². The zero-order chi connectivity index (χ0) is 69.7. The zero-order valence-electron chi connectivity index (χ0n) is 56.2. The van der Waals surface area contributed by atoms with Crippen molar-refractivity contribution < 1.29 is 66.9 Å². The number of amides is 8. The van der Waals surface area contributed by atoms with Crippen LogP contribution in [0.5, 0.6) is 0 Å². The van der Waals surface area contributed by atoms with Gasteiger partial charge in [-0.1, -0.05) is 165 Å². The van der Waals surface area contributed by atoms with Crippen LogP contribution in [0.3, 0.4) is 0 Å². The van der Waals surface area contributed by atoms with Crippen LogP contribution in [0.4, 0.5) is 9.59 Å². The first kappa shape index (κ1) is 75.4. The van der Waals surface area contributed by atoms with Crippen LogP contribution in [0, 0.1) is 0 Å². The van der Waals surface area contributed by atoms with Crippen molar-refractivity contribution in [1.82, 2.24) is 30.2 Å². The molecule has 0 aromatic heterocycles. The summed E-state index contributed by atoms with van der Waals surface area (Å²) in [6.07, 6.45) is 7.93. The van der Waals surface area contributed by atoms with Gasteiger partial charge in [-0.2, -0.15) is 0 Å². The van der Waals surface area contributed by atoms with Crippen molar-refractivity contribution in [1.29, 1.82) is 0 Å². The topological polar surface area (TPSA) is 271 Å². The molecule has 2 aliphatic heterocycles. The van der Waals surface area contributed by atoms with E-state index in [-0.39, 0.29) is 99.7 Å². The Kier molecular flexibility index (Phi) is 32.2. The van der Waals surface area contributed by atoms with E-state index < -0.39 is 24.3 Å². The van der Waals surface area contributed by atoms with Gasteiger partial charge in [0.15, 0.2) is 0 Å². The molecule has 0 radical (unpaired) electrons. The van der Waals surface area contributed by atoms with E-state index in [1.807, 2.05) is 128 Å². The fraction of sp³-hybridized carbons (Fsp3) is 0.403. The summed E-state index contributed by atoms with van der Waals surface area (Å²) in [7, 11) is 0. The molecule has 520 valence electrons. The van der Waals surface area contributed by atoms with Crippen LogP contribution in [-0.2, 0) is 64.6 Å². The van der Waals surface area contributed by atoms with Crippen LogP contribution in [-0.4, -0.2) is 137 Å². The number of hydrogen-bond donors (Lipinski definition) is 3. The molecule has 8 amide bonds. The molecule has 4 N–H and O–H groups in total. The highest BCUT2D eigenvalue weighted by Gasteiger charge is 2.37. The van der Waals surface area contributed by atoms with E-state index in [0.717, 1.165) is 35.1 Å². The Balaban J connectivity index is 0.000000276. The molecule has 21 nitrogen and oxygen atoms in total. The minimum Gasteiger partial charge on any atom is -0.461 e. The second-order valence-electron chi connectivity index (χ2n) is 24.1. The maximum Gasteiger partial charge on any atom is 0.410 e. The summed E-state index contributed by atoms with van der Waals surface area (Å²) in [6, 6.07) is 49.7. The van der Waals surface area contributed by atoms with Gasteiger partial charge >= 0.3 is 24.1 Å². The van der Waals surface area contributed by atoms with E-state index in [2.05, 4.69) is 10.6 Å². The minimum absolute atomic E-state index is 0.0559. The molecule has 0 spiro atoms. The molecule has 0 saturated heterocycles. The Morgan fingerprint density at radius 2 is 0.704 bits per heavy atom. The van der Waals surface area contributed by atoms with Gasteiger partial charge in [0.05, 0.1) is 22.3 Å². The molecule has 8 rings (SSSR count). The van der Waals surface area contributed by atoms with E-state index in [4.69, 9.17) is 24.7 Å². The van der Waals surface area contributed by atoms with Crippen molar-refractivity contribution >= 4 is 59.6 Å². The van der Waals surface area contributed by atoms with Crippen LogP contribution < -0.4 is 16.4 Å². The highest BCUT2D eigenvalue weighted by molar-refractivity contribution is 6.22. The number of carbonyl (C=O) groups is 10. The van der Waals surface area contributed by atoms with Crippen molar-refractivity contribution in [2.45, 2.75) is 155 Å². The Morgan fingerprint density at radius 3 is 1.03 bits per heavy atom. The molecule has 0 fully saturated rings. The number of nitrogens with two attached hydrogens (primary N) is 1. The maximum absolute atomic E-state index is 13.6. The molecule has 0 bridgehead atoms. The summed E-state index contributed by atoms with van der Waals surface area (Å²) in [6.45, 7) is 4.76. The number of unbranched alkanes of at least 4 members (excludes halogenated alkanes) is 7. The number of nitrogens with zero attached hydrogens (tertiary/aromatic N) is 4. The summed E-state index contributed by atoms with van der Waals surface area (Å²) >= 11 is 0. The molecular weight excluding hydrogens is 1250 g/mol. The molecule has 6 aromatic carbocycles. The maximum atomic E-state index is 13.6. The highest BCUT2D eigenvalue weighted by Crippen LogP contribution is 2.25. The molecule has 2 heterocycles. The molecule has 6 aromatic rings. The first-order valence-electron chi connectivity index (χ1n) is 34.3. The molecular formula is C77H93N7O14. The monoisotopic (exact) mass is 1340 g/mol. The second kappa shape index (κ2) is 41.8. The summed E-state index contributed by atoms with van der Waals surface area (Å²) < 4.78 is 22.1. The van der Waals surface area contributed by atoms with Crippen molar-refractivity contribution in [3.63, 3.8) is 0 Å². The summed E-state index contributed by atoms with van der Waals surface area (Å²) in [5.41, 5.74) is 11.0. The molecule has 2 unspecified atom stereocenters. The lowest BCUT2D eigenvalue weighted by atomic mass is 10.1. The average Bonchev–Trinajstić information content (AvgIpc) is 1.65. The van der Waals surface area contributed by atoms with Crippen molar-refractivity contribution in [2.24, 2.45) is 5.73 Å². The third-order valence-electron chi connectivity index (χ3n) is 16.8. The lowest BCUT2D eigenvalue weighted by molar-refractivity contribution is -0.146. The van der Waals surface area contributed by atoms with Gasteiger partial charge in [0.2, 0.25) is 11.8 Å². The quantitative estimate of drug-likeness (QED) is 0.0140. The largest absolute Gasteiger partial charge is 0.461 e. The van der Waals surface area contributed by atoms with Crippen LogP contribution in [0.1, 0.15) is 180 Å². The third kappa shape index (κ3) is 24.3. The van der Waals surface area contributed by atoms with Gasteiger partial charge in [0.1, 0.15) is 38.5 Å². The van der Waals surface area contributed by atoms with Crippen LogP contribution in [0.15, 0.2) is 170 Å². The number of nitrogens with one attached hydrogen (secondary N) is 2. The van der Waals surface area contributed by atoms with Gasteiger partial charge in [0.25, 0.3) is 23.6 Å². The molecule has 21 heteroatoms.